The van der Waals surface area contributed by atoms with Gasteiger partial charge in [-0.05, 0) is 54.0 Å². The Morgan fingerprint density at radius 2 is 1.71 bits per heavy atom. The predicted molar refractivity (Wildman–Crippen MR) is 157 cm³/mol. The quantitative estimate of drug-likeness (QED) is 0.182. The predicted octanol–water partition coefficient (Wildman–Crippen LogP) is 2.21. The zero-order chi connectivity index (χ0) is 30.0. The van der Waals surface area contributed by atoms with Crippen molar-refractivity contribution in [3.63, 3.8) is 0 Å². The van der Waals surface area contributed by atoms with Crippen molar-refractivity contribution in [3.8, 4) is 11.1 Å². The highest BCUT2D eigenvalue weighted by molar-refractivity contribution is 7.99. The number of unbranched alkanes of at least 4 members (excludes halogenated alkanes) is 1. The number of carbonyl (C=O) groups is 3. The van der Waals surface area contributed by atoms with E-state index in [9.17, 15) is 34.8 Å². The van der Waals surface area contributed by atoms with Crippen LogP contribution in [0.5, 0.6) is 0 Å². The van der Waals surface area contributed by atoms with Crippen molar-refractivity contribution < 1.29 is 39.5 Å². The number of hydrogen-bond donors (Lipinski definition) is 6. The van der Waals surface area contributed by atoms with Crippen molar-refractivity contribution in [1.82, 2.24) is 10.6 Å². The molecule has 3 rings (SSSR count). The van der Waals surface area contributed by atoms with Crippen molar-refractivity contribution in [2.45, 2.75) is 75.6 Å². The fourth-order valence-electron chi connectivity index (χ4n) is 5.01. The molecule has 6 atom stereocenters. The summed E-state index contributed by atoms with van der Waals surface area (Å²) < 4.78 is 5.95. The monoisotopic (exact) mass is 588 g/mol. The molecule has 224 valence electrons. The Labute approximate surface area is 244 Å². The maximum absolute atomic E-state index is 12.7. The second-order valence-electron chi connectivity index (χ2n) is 10.2. The summed E-state index contributed by atoms with van der Waals surface area (Å²) in [5.74, 6) is -0.498. The summed E-state index contributed by atoms with van der Waals surface area (Å²) in [5, 5.41) is 47.9. The van der Waals surface area contributed by atoms with Crippen LogP contribution in [0.4, 0.5) is 0 Å². The van der Waals surface area contributed by atoms with E-state index in [0.29, 0.717) is 12.0 Å². The van der Waals surface area contributed by atoms with Gasteiger partial charge in [-0.2, -0.15) is 11.8 Å². The zero-order valence-corrected chi connectivity index (χ0v) is 24.2. The average Bonchev–Trinajstić information content (AvgIpc) is 2.96. The number of aliphatic hydroxyl groups excluding tert-OH is 3. The van der Waals surface area contributed by atoms with E-state index < -0.39 is 53.8 Å². The highest BCUT2D eigenvalue weighted by Gasteiger charge is 2.54. The van der Waals surface area contributed by atoms with Crippen molar-refractivity contribution in [1.29, 1.82) is 0 Å². The van der Waals surface area contributed by atoms with Crippen LogP contribution in [0.15, 0.2) is 54.6 Å². The lowest BCUT2D eigenvalue weighted by atomic mass is 9.81. The minimum atomic E-state index is -1.81. The molecule has 2 aromatic carbocycles. The highest BCUT2D eigenvalue weighted by atomic mass is 32.2. The first-order chi connectivity index (χ1) is 19.6. The van der Waals surface area contributed by atoms with E-state index in [1.165, 1.54) is 6.92 Å². The van der Waals surface area contributed by atoms with Gasteiger partial charge in [-0.1, -0.05) is 49.4 Å². The molecule has 0 radical (unpaired) electrons. The van der Waals surface area contributed by atoms with Crippen molar-refractivity contribution in [3.05, 3.63) is 60.2 Å². The second-order valence-corrected chi connectivity index (χ2v) is 11.6. The Bertz CT molecular complexity index is 1150. The third-order valence-electron chi connectivity index (χ3n) is 7.21. The molecule has 1 heterocycles. The maximum atomic E-state index is 12.7. The van der Waals surface area contributed by atoms with Crippen LogP contribution in [-0.4, -0.2) is 92.3 Å². The van der Waals surface area contributed by atoms with Crippen molar-refractivity contribution >= 4 is 29.5 Å². The third kappa shape index (κ3) is 8.76. The summed E-state index contributed by atoms with van der Waals surface area (Å²) in [5.41, 5.74) is 0.470. The van der Waals surface area contributed by atoms with Gasteiger partial charge in [-0.25, -0.2) is 4.79 Å². The molecule has 0 aliphatic carbocycles. The van der Waals surface area contributed by atoms with Gasteiger partial charge in [0, 0.05) is 25.5 Å². The van der Waals surface area contributed by atoms with Crippen LogP contribution in [0.1, 0.15) is 49.9 Å². The standard InChI is InChI=1S/C30H40N2O8S/c1-3-41-16-8-7-15-30(29(38)39)17-23(34)25(32-19(2)33)27(40-30)26(36)24(35)18-31-28(37)22-13-11-21(12-14-22)20-9-5-4-6-10-20/h4-6,9-14,23-27,34-36H,3,7-8,15-18H2,1-2H3,(H,31,37)(H,32,33)(H,38,39)/t23-,24+,25+,26+,27+,30+/m0/s1. The molecule has 1 aliphatic rings. The first-order valence-electron chi connectivity index (χ1n) is 13.8. The molecule has 0 unspecified atom stereocenters. The summed E-state index contributed by atoms with van der Waals surface area (Å²) in [6.45, 7) is 2.88. The lowest BCUT2D eigenvalue weighted by Crippen LogP contribution is -2.67. The zero-order valence-electron chi connectivity index (χ0n) is 23.4. The van der Waals surface area contributed by atoms with Crippen LogP contribution >= 0.6 is 11.8 Å². The molecule has 2 aromatic rings. The molecule has 0 spiro atoms. The van der Waals surface area contributed by atoms with Crippen molar-refractivity contribution in [2.24, 2.45) is 0 Å². The lowest BCUT2D eigenvalue weighted by Gasteiger charge is -2.47. The largest absolute Gasteiger partial charge is 0.479 e. The van der Waals surface area contributed by atoms with E-state index in [-0.39, 0.29) is 19.4 Å². The number of aliphatic carboxylic acids is 1. The average molecular weight is 589 g/mol. The topological polar surface area (TPSA) is 165 Å². The molecule has 0 saturated carbocycles. The number of carbonyl (C=O) groups excluding carboxylic acids is 2. The maximum Gasteiger partial charge on any atom is 0.336 e. The van der Waals surface area contributed by atoms with Gasteiger partial charge in [-0.15, -0.1) is 0 Å². The Morgan fingerprint density at radius 3 is 2.32 bits per heavy atom. The molecule has 0 aromatic heterocycles. The first kappa shape index (κ1) is 32.6. The molecule has 2 amide bonds. The van der Waals surface area contributed by atoms with E-state index in [4.69, 9.17) is 4.74 Å². The molecule has 1 saturated heterocycles. The van der Waals surface area contributed by atoms with Gasteiger partial charge in [0.05, 0.1) is 18.2 Å². The minimum absolute atomic E-state index is 0.0888. The Morgan fingerprint density at radius 1 is 1.05 bits per heavy atom. The number of carboxylic acid groups (broad SMARTS) is 1. The minimum Gasteiger partial charge on any atom is -0.479 e. The number of hydrogen-bond acceptors (Lipinski definition) is 8. The molecule has 11 heteroatoms. The lowest BCUT2D eigenvalue weighted by molar-refractivity contribution is -0.229. The van der Waals surface area contributed by atoms with E-state index in [1.807, 2.05) is 37.3 Å². The summed E-state index contributed by atoms with van der Waals surface area (Å²) in [7, 11) is 0. The Balaban J connectivity index is 1.69. The van der Waals surface area contributed by atoms with Crippen molar-refractivity contribution in [2.75, 3.05) is 18.1 Å². The summed E-state index contributed by atoms with van der Waals surface area (Å²) >= 11 is 1.73. The fourth-order valence-corrected chi connectivity index (χ4v) is 5.71. The van der Waals surface area contributed by atoms with Crippen LogP contribution in [-0.2, 0) is 14.3 Å². The number of amides is 2. The molecule has 41 heavy (non-hydrogen) atoms. The Hall–Kier alpha value is -2.96. The van der Waals surface area contributed by atoms with Gasteiger partial charge in [0.25, 0.3) is 5.91 Å². The summed E-state index contributed by atoms with van der Waals surface area (Å²) in [4.78, 5) is 36.9. The van der Waals surface area contributed by atoms with E-state index in [2.05, 4.69) is 10.6 Å². The summed E-state index contributed by atoms with van der Waals surface area (Å²) in [6, 6.07) is 15.4. The van der Waals surface area contributed by atoms with Crippen LogP contribution in [0, 0.1) is 0 Å². The van der Waals surface area contributed by atoms with Crippen LogP contribution in [0.25, 0.3) is 11.1 Å². The number of nitrogens with one attached hydrogen (secondary N) is 2. The van der Waals surface area contributed by atoms with Crippen LogP contribution < -0.4 is 10.6 Å². The van der Waals surface area contributed by atoms with E-state index in [0.717, 1.165) is 29.1 Å². The molecule has 1 aliphatic heterocycles. The summed E-state index contributed by atoms with van der Waals surface area (Å²) in [6.07, 6.45) is -5.04. The molecule has 10 nitrogen and oxygen atoms in total. The van der Waals surface area contributed by atoms with Gasteiger partial charge in [-0.3, -0.25) is 9.59 Å². The van der Waals surface area contributed by atoms with Crippen LogP contribution in [0.3, 0.4) is 0 Å². The van der Waals surface area contributed by atoms with Gasteiger partial charge in [0.2, 0.25) is 5.91 Å². The number of carboxylic acids is 1. The highest BCUT2D eigenvalue weighted by Crippen LogP contribution is 2.36. The first-order valence-corrected chi connectivity index (χ1v) is 15.0. The van der Waals surface area contributed by atoms with E-state index in [1.54, 1.807) is 36.0 Å². The molecule has 1 fully saturated rings. The van der Waals surface area contributed by atoms with Gasteiger partial charge < -0.3 is 35.8 Å². The molecular formula is C30H40N2O8S. The number of benzene rings is 2. The number of rotatable bonds is 14. The van der Waals surface area contributed by atoms with Gasteiger partial charge >= 0.3 is 5.97 Å². The SMILES string of the molecule is CCSCCCC[C@]1(C(=O)O)C[C@H](O)[C@@H](NC(C)=O)[C@H]([C@H](O)[C@H](O)CNC(=O)c2ccc(-c3ccccc3)cc2)O1. The fraction of sp³-hybridized carbons (Fsp3) is 0.500. The number of thioether (sulfide) groups is 1. The van der Waals surface area contributed by atoms with Gasteiger partial charge in [0.15, 0.2) is 5.60 Å². The van der Waals surface area contributed by atoms with Gasteiger partial charge in [0.1, 0.15) is 12.2 Å². The molecule has 0 bridgehead atoms. The third-order valence-corrected chi connectivity index (χ3v) is 8.19. The second kappa shape index (κ2) is 15.3. The van der Waals surface area contributed by atoms with Crippen LogP contribution in [0.2, 0.25) is 0 Å². The van der Waals surface area contributed by atoms with E-state index >= 15 is 0 Å². The number of ether oxygens (including phenoxy) is 1. The number of aliphatic hydroxyl groups is 3. The molecule has 6 N–H and O–H groups in total. The smallest absolute Gasteiger partial charge is 0.336 e. The molecular weight excluding hydrogens is 548 g/mol. The normalized spacial score (nSPS) is 23.8. The Kier molecular flexibility index (Phi) is 12.2.